The van der Waals surface area contributed by atoms with Crippen molar-refractivity contribution in [2.75, 3.05) is 0 Å². The normalized spacial score (nSPS) is 9.71. The summed E-state index contributed by atoms with van der Waals surface area (Å²) in [5.41, 5.74) is 3.38. The Morgan fingerprint density at radius 1 is 1.36 bits per heavy atom. The second-order valence-electron chi connectivity index (χ2n) is 2.81. The Balaban J connectivity index is 0.000000461. The van der Waals surface area contributed by atoms with Crippen LogP contribution in [0.2, 0.25) is 0 Å². The predicted octanol–water partition coefficient (Wildman–Crippen LogP) is 3.59. The Morgan fingerprint density at radius 2 is 2.07 bits per heavy atom. The number of rotatable bonds is 1. The van der Waals surface area contributed by atoms with Gasteiger partial charge in [-0.1, -0.05) is 20.8 Å². The Hall–Kier alpha value is -0.960. The summed E-state index contributed by atoms with van der Waals surface area (Å²) < 4.78 is 5.45. The Kier molecular flexibility index (Phi) is 4.01. The molecule has 0 atom stereocenters. The van der Waals surface area contributed by atoms with E-state index in [9.17, 15) is 0 Å². The van der Waals surface area contributed by atoms with Crippen LogP contribution in [0.1, 0.15) is 32.0 Å². The van der Waals surface area contributed by atoms with E-state index in [1.165, 1.54) is 21.8 Å². The predicted molar refractivity (Wildman–Crippen MR) is 62.9 cm³/mol. The summed E-state index contributed by atoms with van der Waals surface area (Å²) in [6, 6.07) is 2.17. The van der Waals surface area contributed by atoms with E-state index >= 15 is 0 Å². The van der Waals surface area contributed by atoms with Crippen molar-refractivity contribution < 1.29 is 0 Å². The monoisotopic (exact) mass is 208 g/mol. The molecule has 0 radical (unpaired) electrons. The van der Waals surface area contributed by atoms with E-state index in [-0.39, 0.29) is 0 Å². The molecule has 76 valence electrons. The second-order valence-corrected chi connectivity index (χ2v) is 3.62. The number of hydrogen-bond acceptors (Lipinski definition) is 3. The van der Waals surface area contributed by atoms with Crippen molar-refractivity contribution in [3.05, 3.63) is 23.5 Å². The van der Waals surface area contributed by atoms with Gasteiger partial charge in [0.05, 0.1) is 10.4 Å². The van der Waals surface area contributed by atoms with Crippen LogP contribution in [-0.4, -0.2) is 9.36 Å². The molecule has 0 aliphatic carbocycles. The molecule has 0 aliphatic rings. The van der Waals surface area contributed by atoms with Crippen molar-refractivity contribution in [3.63, 3.8) is 0 Å². The van der Waals surface area contributed by atoms with Crippen molar-refractivity contribution in [2.45, 2.75) is 34.1 Å². The van der Waals surface area contributed by atoms with Crippen molar-refractivity contribution in [2.24, 2.45) is 0 Å². The van der Waals surface area contributed by atoms with Crippen molar-refractivity contribution in [3.8, 4) is 0 Å². The van der Waals surface area contributed by atoms with E-state index in [4.69, 9.17) is 0 Å². The van der Waals surface area contributed by atoms with Crippen molar-refractivity contribution >= 4 is 21.7 Å². The molecule has 0 aliphatic heterocycles. The van der Waals surface area contributed by atoms with Crippen LogP contribution in [0.4, 0.5) is 0 Å². The van der Waals surface area contributed by atoms with E-state index in [1.807, 2.05) is 27.0 Å². The van der Waals surface area contributed by atoms with E-state index in [0.29, 0.717) is 0 Å². The zero-order chi connectivity index (χ0) is 10.6. The number of hydrogen-bond donors (Lipinski definition) is 0. The lowest BCUT2D eigenvalue weighted by Gasteiger charge is -1.94. The molecule has 0 amide bonds. The zero-order valence-corrected chi connectivity index (χ0v) is 9.98. The Labute approximate surface area is 89.2 Å². The topological polar surface area (TPSA) is 25.8 Å². The van der Waals surface area contributed by atoms with Gasteiger partial charge in [0.2, 0.25) is 0 Å². The number of pyridine rings is 1. The third kappa shape index (κ3) is 2.10. The van der Waals surface area contributed by atoms with Crippen LogP contribution in [0.25, 0.3) is 10.2 Å². The minimum absolute atomic E-state index is 1.04. The van der Waals surface area contributed by atoms with Gasteiger partial charge in [-0.05, 0) is 36.5 Å². The standard InChI is InChI=1S/C9H10N2S.C2H6/c1-3-7-4-8-9(10-5-7)6(2)11-12-8;1-2/h4-5H,3H2,1-2H3;1-2H3. The highest BCUT2D eigenvalue weighted by molar-refractivity contribution is 7.13. The van der Waals surface area contributed by atoms with Crippen LogP contribution < -0.4 is 0 Å². The lowest BCUT2D eigenvalue weighted by molar-refractivity contribution is 1.12. The Morgan fingerprint density at radius 3 is 2.71 bits per heavy atom. The molecule has 0 unspecified atom stereocenters. The molecule has 0 aromatic carbocycles. The number of aromatic nitrogens is 2. The maximum Gasteiger partial charge on any atom is 0.104 e. The highest BCUT2D eigenvalue weighted by Crippen LogP contribution is 2.20. The quantitative estimate of drug-likeness (QED) is 0.715. The summed E-state index contributed by atoms with van der Waals surface area (Å²) in [7, 11) is 0. The van der Waals surface area contributed by atoms with Gasteiger partial charge < -0.3 is 0 Å². The minimum Gasteiger partial charge on any atom is -0.253 e. The summed E-state index contributed by atoms with van der Waals surface area (Å²) >= 11 is 1.53. The maximum absolute atomic E-state index is 4.36. The van der Waals surface area contributed by atoms with E-state index in [1.54, 1.807) is 0 Å². The molecule has 3 heteroatoms. The molecule has 2 aromatic heterocycles. The van der Waals surface area contributed by atoms with Gasteiger partial charge in [-0.2, -0.15) is 4.37 Å². The highest BCUT2D eigenvalue weighted by atomic mass is 32.1. The van der Waals surface area contributed by atoms with Gasteiger partial charge in [0.15, 0.2) is 0 Å². The average molecular weight is 208 g/mol. The molecular weight excluding hydrogens is 192 g/mol. The molecule has 2 nitrogen and oxygen atoms in total. The summed E-state index contributed by atoms with van der Waals surface area (Å²) in [5.74, 6) is 0. The SMILES string of the molecule is CC.CCc1cnc2c(C)nsc2c1. The third-order valence-electron chi connectivity index (χ3n) is 1.94. The highest BCUT2D eigenvalue weighted by Gasteiger charge is 2.02. The molecular formula is C11H16N2S. The van der Waals surface area contributed by atoms with Crippen LogP contribution in [0.5, 0.6) is 0 Å². The van der Waals surface area contributed by atoms with Gasteiger partial charge in [-0.15, -0.1) is 0 Å². The molecule has 0 saturated carbocycles. The summed E-state index contributed by atoms with van der Waals surface area (Å²) in [5, 5.41) is 0. The average Bonchev–Trinajstić information content (AvgIpc) is 2.63. The number of nitrogens with zero attached hydrogens (tertiary/aromatic N) is 2. The summed E-state index contributed by atoms with van der Waals surface area (Å²) in [6.07, 6.45) is 2.98. The van der Waals surface area contributed by atoms with Crippen LogP contribution >= 0.6 is 11.5 Å². The maximum atomic E-state index is 4.36. The van der Waals surface area contributed by atoms with Gasteiger partial charge in [-0.3, -0.25) is 4.98 Å². The third-order valence-corrected chi connectivity index (χ3v) is 2.81. The van der Waals surface area contributed by atoms with Gasteiger partial charge >= 0.3 is 0 Å². The largest absolute Gasteiger partial charge is 0.253 e. The molecule has 0 saturated heterocycles. The first-order valence-electron chi connectivity index (χ1n) is 5.02. The first-order valence-corrected chi connectivity index (χ1v) is 5.79. The first-order chi connectivity index (χ1) is 6.81. The smallest absolute Gasteiger partial charge is 0.104 e. The number of aryl methyl sites for hydroxylation is 2. The molecule has 0 spiro atoms. The molecule has 0 fully saturated rings. The van der Waals surface area contributed by atoms with Gasteiger partial charge in [0.25, 0.3) is 0 Å². The first kappa shape index (κ1) is 11.1. The van der Waals surface area contributed by atoms with Crippen LogP contribution in [-0.2, 0) is 6.42 Å². The molecule has 0 N–H and O–H groups in total. The van der Waals surface area contributed by atoms with E-state index < -0.39 is 0 Å². The van der Waals surface area contributed by atoms with Crippen molar-refractivity contribution in [1.82, 2.24) is 9.36 Å². The number of fused-ring (bicyclic) bond motifs is 1. The summed E-state index contributed by atoms with van der Waals surface area (Å²) in [4.78, 5) is 4.36. The second kappa shape index (κ2) is 5.05. The summed E-state index contributed by atoms with van der Waals surface area (Å²) in [6.45, 7) is 8.13. The zero-order valence-electron chi connectivity index (χ0n) is 9.16. The van der Waals surface area contributed by atoms with Gasteiger partial charge in [0, 0.05) is 6.20 Å². The van der Waals surface area contributed by atoms with Crippen LogP contribution in [0, 0.1) is 6.92 Å². The molecule has 2 rings (SSSR count). The lowest BCUT2D eigenvalue weighted by atomic mass is 10.2. The molecule has 14 heavy (non-hydrogen) atoms. The molecule has 2 aromatic rings. The van der Waals surface area contributed by atoms with Crippen LogP contribution in [0.3, 0.4) is 0 Å². The van der Waals surface area contributed by atoms with E-state index in [2.05, 4.69) is 22.3 Å². The fourth-order valence-corrected chi connectivity index (χ4v) is 1.99. The van der Waals surface area contributed by atoms with Gasteiger partial charge in [0.1, 0.15) is 5.52 Å². The fraction of sp³-hybridized carbons (Fsp3) is 0.455. The molecule has 0 bridgehead atoms. The van der Waals surface area contributed by atoms with Crippen molar-refractivity contribution in [1.29, 1.82) is 0 Å². The fourth-order valence-electron chi connectivity index (χ4n) is 1.18. The van der Waals surface area contributed by atoms with Crippen LogP contribution in [0.15, 0.2) is 12.3 Å². The Bertz CT molecular complexity index is 407. The van der Waals surface area contributed by atoms with E-state index in [0.717, 1.165) is 17.6 Å². The molecule has 2 heterocycles. The van der Waals surface area contributed by atoms with Gasteiger partial charge in [-0.25, -0.2) is 0 Å². The minimum atomic E-state index is 1.04. The lowest BCUT2D eigenvalue weighted by Crippen LogP contribution is -1.82.